The molecule has 1 aromatic heterocycles. The Labute approximate surface area is 118 Å². The second-order valence-electron chi connectivity index (χ2n) is 5.22. The van der Waals surface area contributed by atoms with Gasteiger partial charge in [-0.15, -0.1) is 5.10 Å². The van der Waals surface area contributed by atoms with Gasteiger partial charge in [-0.1, -0.05) is 11.3 Å². The number of aryl methyl sites for hydroxylation is 1. The molecule has 2 rings (SSSR count). The Bertz CT molecular complexity index is 606. The molecule has 0 fully saturated rings. The zero-order chi connectivity index (χ0) is 14.7. The maximum Gasteiger partial charge on any atom is 0.338 e. The van der Waals surface area contributed by atoms with Crippen molar-refractivity contribution in [1.82, 2.24) is 19.9 Å². The molecule has 0 atom stereocenters. The van der Waals surface area contributed by atoms with E-state index < -0.39 is 5.97 Å². The molecule has 0 saturated carbocycles. The molecule has 0 radical (unpaired) electrons. The van der Waals surface area contributed by atoms with Crippen LogP contribution in [0.3, 0.4) is 0 Å². The topological polar surface area (TPSA) is 71.2 Å². The lowest BCUT2D eigenvalue weighted by atomic mass is 10.2. The number of aromatic nitrogens is 3. The minimum absolute atomic E-state index is 0.202. The number of hydrogen-bond donors (Lipinski definition) is 1. The van der Waals surface area contributed by atoms with Gasteiger partial charge < -0.3 is 10.0 Å². The van der Waals surface area contributed by atoms with E-state index in [9.17, 15) is 4.79 Å². The molecule has 108 valence electrons. The number of fused-ring (bicyclic) bond motifs is 1. The van der Waals surface area contributed by atoms with Gasteiger partial charge in [0.25, 0.3) is 0 Å². The monoisotopic (exact) mass is 276 g/mol. The number of aromatic carboxylic acids is 1. The van der Waals surface area contributed by atoms with E-state index in [2.05, 4.69) is 36.1 Å². The van der Waals surface area contributed by atoms with Gasteiger partial charge in [0.2, 0.25) is 0 Å². The van der Waals surface area contributed by atoms with E-state index in [1.54, 1.807) is 16.8 Å². The van der Waals surface area contributed by atoms with Crippen molar-refractivity contribution in [2.24, 2.45) is 0 Å². The zero-order valence-electron chi connectivity index (χ0n) is 12.1. The second kappa shape index (κ2) is 6.00. The number of hydrogen-bond acceptors (Lipinski definition) is 4. The first-order chi connectivity index (χ1) is 9.50. The van der Waals surface area contributed by atoms with Crippen molar-refractivity contribution >= 4 is 17.0 Å². The predicted octanol–water partition coefficient (Wildman–Crippen LogP) is 1.86. The quantitative estimate of drug-likeness (QED) is 0.872. The third-order valence-corrected chi connectivity index (χ3v) is 3.54. The van der Waals surface area contributed by atoms with Gasteiger partial charge in [0, 0.05) is 12.6 Å². The highest BCUT2D eigenvalue weighted by Crippen LogP contribution is 2.16. The Balaban J connectivity index is 2.12. The van der Waals surface area contributed by atoms with Gasteiger partial charge in [-0.2, -0.15) is 0 Å². The highest BCUT2D eigenvalue weighted by molar-refractivity contribution is 6.00. The van der Waals surface area contributed by atoms with Crippen LogP contribution in [0.1, 0.15) is 30.6 Å². The minimum atomic E-state index is -0.970. The summed E-state index contributed by atoms with van der Waals surface area (Å²) in [5.74, 6) is -0.970. The molecule has 20 heavy (non-hydrogen) atoms. The van der Waals surface area contributed by atoms with Crippen molar-refractivity contribution < 1.29 is 9.90 Å². The van der Waals surface area contributed by atoms with E-state index in [1.165, 1.54) is 0 Å². The molecule has 0 saturated heterocycles. The highest BCUT2D eigenvalue weighted by Gasteiger charge is 2.13. The molecular weight excluding hydrogens is 256 g/mol. The molecule has 1 N–H and O–H groups in total. The average molecular weight is 276 g/mol. The molecule has 0 unspecified atom stereocenters. The van der Waals surface area contributed by atoms with E-state index >= 15 is 0 Å². The smallest absolute Gasteiger partial charge is 0.338 e. The summed E-state index contributed by atoms with van der Waals surface area (Å²) in [4.78, 5) is 13.4. The molecular formula is C14H20N4O2. The number of rotatable bonds is 6. The van der Waals surface area contributed by atoms with Crippen molar-refractivity contribution in [1.29, 1.82) is 0 Å². The van der Waals surface area contributed by atoms with Crippen LogP contribution in [0.5, 0.6) is 0 Å². The van der Waals surface area contributed by atoms with E-state index in [0.717, 1.165) is 25.0 Å². The summed E-state index contributed by atoms with van der Waals surface area (Å²) < 4.78 is 1.77. The van der Waals surface area contributed by atoms with Crippen LogP contribution in [0.25, 0.3) is 11.0 Å². The lowest BCUT2D eigenvalue weighted by Gasteiger charge is -2.20. The van der Waals surface area contributed by atoms with Crippen LogP contribution in [0.2, 0.25) is 0 Å². The maximum atomic E-state index is 11.1. The molecule has 6 nitrogen and oxygen atoms in total. The van der Waals surface area contributed by atoms with Gasteiger partial charge in [0.15, 0.2) is 0 Å². The Morgan fingerprint density at radius 3 is 2.85 bits per heavy atom. The molecule has 0 aliphatic carbocycles. The molecule has 0 amide bonds. The first kappa shape index (κ1) is 14.5. The molecule has 1 aromatic carbocycles. The summed E-state index contributed by atoms with van der Waals surface area (Å²) in [5, 5.41) is 17.2. The lowest BCUT2D eigenvalue weighted by Crippen LogP contribution is -2.28. The van der Waals surface area contributed by atoms with Gasteiger partial charge in [-0.05, 0) is 46.0 Å². The van der Waals surface area contributed by atoms with Crippen LogP contribution in [0.15, 0.2) is 18.2 Å². The van der Waals surface area contributed by atoms with Crippen LogP contribution in [0, 0.1) is 0 Å². The second-order valence-corrected chi connectivity index (χ2v) is 5.22. The number of carbonyl (C=O) groups is 1. The fourth-order valence-electron chi connectivity index (χ4n) is 2.06. The molecule has 0 spiro atoms. The van der Waals surface area contributed by atoms with Crippen LogP contribution in [0.4, 0.5) is 0 Å². The standard InChI is InChI=1S/C14H20N4O2/c1-10(2)17(3)8-5-9-18-12-7-4-6-11(14(19)20)13(12)15-16-18/h4,6-7,10H,5,8-9H2,1-3H3,(H,19,20). The van der Waals surface area contributed by atoms with Crippen LogP contribution in [-0.2, 0) is 6.54 Å². The highest BCUT2D eigenvalue weighted by atomic mass is 16.4. The predicted molar refractivity (Wildman–Crippen MR) is 76.9 cm³/mol. The van der Waals surface area contributed by atoms with Crippen molar-refractivity contribution in [3.05, 3.63) is 23.8 Å². The first-order valence-corrected chi connectivity index (χ1v) is 6.76. The summed E-state index contributed by atoms with van der Waals surface area (Å²) in [5.41, 5.74) is 1.43. The minimum Gasteiger partial charge on any atom is -0.478 e. The number of carboxylic acid groups (broad SMARTS) is 1. The molecule has 0 aliphatic heterocycles. The Kier molecular flexibility index (Phi) is 4.34. The van der Waals surface area contributed by atoms with E-state index in [4.69, 9.17) is 5.11 Å². The van der Waals surface area contributed by atoms with Gasteiger partial charge in [0.05, 0.1) is 11.1 Å². The largest absolute Gasteiger partial charge is 0.478 e. The molecule has 0 aliphatic rings. The fourth-order valence-corrected chi connectivity index (χ4v) is 2.06. The van der Waals surface area contributed by atoms with Crippen molar-refractivity contribution in [2.45, 2.75) is 32.9 Å². The average Bonchev–Trinajstić information content (AvgIpc) is 2.81. The Morgan fingerprint density at radius 2 is 2.20 bits per heavy atom. The first-order valence-electron chi connectivity index (χ1n) is 6.76. The molecule has 0 bridgehead atoms. The van der Waals surface area contributed by atoms with Gasteiger partial charge in [-0.25, -0.2) is 9.48 Å². The fraction of sp³-hybridized carbons (Fsp3) is 0.500. The van der Waals surface area contributed by atoms with Crippen LogP contribution < -0.4 is 0 Å². The van der Waals surface area contributed by atoms with E-state index in [0.29, 0.717) is 11.6 Å². The molecule has 1 heterocycles. The lowest BCUT2D eigenvalue weighted by molar-refractivity contribution is 0.0699. The van der Waals surface area contributed by atoms with E-state index in [1.807, 2.05) is 6.07 Å². The number of carboxylic acids is 1. The van der Waals surface area contributed by atoms with Crippen molar-refractivity contribution in [3.63, 3.8) is 0 Å². The van der Waals surface area contributed by atoms with Gasteiger partial charge in [-0.3, -0.25) is 0 Å². The van der Waals surface area contributed by atoms with Gasteiger partial charge >= 0.3 is 5.97 Å². The summed E-state index contributed by atoms with van der Waals surface area (Å²) in [7, 11) is 2.09. The summed E-state index contributed by atoms with van der Waals surface area (Å²) in [6, 6.07) is 5.65. The summed E-state index contributed by atoms with van der Waals surface area (Å²) in [6.45, 7) is 6.02. The summed E-state index contributed by atoms with van der Waals surface area (Å²) in [6.07, 6.45) is 0.949. The molecule has 6 heteroatoms. The Morgan fingerprint density at radius 1 is 1.45 bits per heavy atom. The number of benzene rings is 1. The SMILES string of the molecule is CC(C)N(C)CCCn1nnc2c(C(=O)O)cccc21. The van der Waals surface area contributed by atoms with Crippen molar-refractivity contribution in [3.8, 4) is 0 Å². The molecule has 2 aromatic rings. The zero-order valence-corrected chi connectivity index (χ0v) is 12.1. The number of nitrogens with zero attached hydrogens (tertiary/aromatic N) is 4. The third kappa shape index (κ3) is 2.96. The normalized spacial score (nSPS) is 11.7. The summed E-state index contributed by atoms with van der Waals surface area (Å²) >= 11 is 0. The van der Waals surface area contributed by atoms with Crippen LogP contribution >= 0.6 is 0 Å². The van der Waals surface area contributed by atoms with Crippen LogP contribution in [-0.4, -0.2) is 50.6 Å². The Hall–Kier alpha value is -1.95. The third-order valence-electron chi connectivity index (χ3n) is 3.54. The maximum absolute atomic E-state index is 11.1. The van der Waals surface area contributed by atoms with Gasteiger partial charge in [0.1, 0.15) is 5.52 Å². The van der Waals surface area contributed by atoms with E-state index in [-0.39, 0.29) is 5.56 Å². The van der Waals surface area contributed by atoms with Crippen molar-refractivity contribution in [2.75, 3.05) is 13.6 Å².